The van der Waals surface area contributed by atoms with Gasteiger partial charge in [0.1, 0.15) is 11.5 Å². The predicted octanol–water partition coefficient (Wildman–Crippen LogP) is 2.76. The summed E-state index contributed by atoms with van der Waals surface area (Å²) in [6.45, 7) is 7.30. The van der Waals surface area contributed by atoms with Gasteiger partial charge in [0.15, 0.2) is 0 Å². The molecule has 0 bridgehead atoms. The molecule has 5 rings (SSSR count). The number of H-pyrrole nitrogens is 1. The Morgan fingerprint density at radius 2 is 1.89 bits per heavy atom. The number of nitrogens with one attached hydrogen (secondary N) is 3. The Morgan fingerprint density at radius 3 is 2.66 bits per heavy atom. The molecule has 3 aromatic rings. The molecule has 4 heterocycles. The number of ether oxygens (including phenoxy) is 1. The van der Waals surface area contributed by atoms with E-state index in [4.69, 9.17) is 9.72 Å². The van der Waals surface area contributed by atoms with Crippen molar-refractivity contribution in [2.45, 2.75) is 18.9 Å². The van der Waals surface area contributed by atoms with Crippen LogP contribution < -0.4 is 10.6 Å². The molecule has 182 valence electrons. The summed E-state index contributed by atoms with van der Waals surface area (Å²) in [6, 6.07) is 9.33. The van der Waals surface area contributed by atoms with Crippen molar-refractivity contribution in [3.63, 3.8) is 0 Å². The average Bonchev–Trinajstić information content (AvgIpc) is 3.38. The monoisotopic (exact) mass is 475 g/mol. The Hall–Kier alpha value is -3.92. The van der Waals surface area contributed by atoms with Crippen molar-refractivity contribution in [3.8, 4) is 0 Å². The Labute approximate surface area is 203 Å². The number of aromatic nitrogens is 3. The number of amides is 2. The van der Waals surface area contributed by atoms with E-state index in [0.717, 1.165) is 30.5 Å². The van der Waals surface area contributed by atoms with Crippen LogP contribution in [-0.4, -0.2) is 82.0 Å². The molecule has 10 nitrogen and oxygen atoms in total. The Morgan fingerprint density at radius 1 is 1.09 bits per heavy atom. The number of piperidine rings is 1. The second-order valence-electron chi connectivity index (χ2n) is 8.71. The zero-order chi connectivity index (χ0) is 24.2. The number of carbonyl (C=O) groups is 2. The third-order valence-corrected chi connectivity index (χ3v) is 6.35. The van der Waals surface area contributed by atoms with Crippen LogP contribution in [0, 0.1) is 0 Å². The topological polar surface area (TPSA) is 115 Å². The molecule has 0 saturated carbocycles. The molecule has 10 heteroatoms. The summed E-state index contributed by atoms with van der Waals surface area (Å²) in [6.07, 6.45) is 5.05. The van der Waals surface area contributed by atoms with E-state index in [1.54, 1.807) is 17.0 Å². The van der Waals surface area contributed by atoms with Gasteiger partial charge < -0.3 is 30.2 Å². The van der Waals surface area contributed by atoms with Crippen molar-refractivity contribution in [1.29, 1.82) is 0 Å². The molecule has 2 saturated heterocycles. The molecular formula is C25H29N7O3. The number of nitrogens with zero attached hydrogens (tertiary/aromatic N) is 4. The highest BCUT2D eigenvalue weighted by atomic mass is 16.5. The van der Waals surface area contributed by atoms with Crippen molar-refractivity contribution in [2.24, 2.45) is 0 Å². The van der Waals surface area contributed by atoms with Crippen molar-refractivity contribution < 1.29 is 14.3 Å². The molecule has 2 amide bonds. The molecular weight excluding hydrogens is 446 g/mol. The minimum Gasteiger partial charge on any atom is -0.378 e. The fraction of sp³-hybridized carbons (Fsp3) is 0.360. The third-order valence-electron chi connectivity index (χ3n) is 6.35. The van der Waals surface area contributed by atoms with Gasteiger partial charge in [-0.1, -0.05) is 6.58 Å². The van der Waals surface area contributed by atoms with E-state index >= 15 is 0 Å². The summed E-state index contributed by atoms with van der Waals surface area (Å²) in [5.74, 6) is 1.09. The molecule has 2 fully saturated rings. The van der Waals surface area contributed by atoms with Crippen LogP contribution in [0.15, 0.2) is 49.2 Å². The van der Waals surface area contributed by atoms with Gasteiger partial charge >= 0.3 is 0 Å². The number of fused-ring (bicyclic) bond motifs is 1. The van der Waals surface area contributed by atoms with Gasteiger partial charge in [-0.25, -0.2) is 0 Å². The number of anilines is 3. The number of hydrogen-bond acceptors (Lipinski definition) is 7. The molecule has 0 aliphatic carbocycles. The highest BCUT2D eigenvalue weighted by Gasteiger charge is 2.23. The van der Waals surface area contributed by atoms with Crippen LogP contribution in [0.25, 0.3) is 11.0 Å². The first-order valence-electron chi connectivity index (χ1n) is 11.9. The van der Waals surface area contributed by atoms with E-state index in [9.17, 15) is 9.59 Å². The van der Waals surface area contributed by atoms with E-state index in [2.05, 4.69) is 27.2 Å². The summed E-state index contributed by atoms with van der Waals surface area (Å²) in [4.78, 5) is 40.8. The zero-order valence-electron chi connectivity index (χ0n) is 19.5. The number of morpholine rings is 1. The van der Waals surface area contributed by atoms with E-state index in [0.29, 0.717) is 55.8 Å². The fourth-order valence-corrected chi connectivity index (χ4v) is 4.50. The summed E-state index contributed by atoms with van der Waals surface area (Å²) >= 11 is 0. The van der Waals surface area contributed by atoms with Gasteiger partial charge in [-0.15, -0.1) is 0 Å². The minimum atomic E-state index is -0.0520. The maximum absolute atomic E-state index is 12.7. The van der Waals surface area contributed by atoms with E-state index in [1.165, 1.54) is 6.08 Å². The number of aromatic amines is 1. The SMILES string of the molecule is C=CC(=O)N1CCC[C@@H](Nc2nc(Nc3ccc(C(=O)N4CCOCC4)cc3)nc3[nH]ccc23)C1. The lowest BCUT2D eigenvalue weighted by Gasteiger charge is -2.33. The summed E-state index contributed by atoms with van der Waals surface area (Å²) in [7, 11) is 0. The lowest BCUT2D eigenvalue weighted by molar-refractivity contribution is -0.127. The maximum Gasteiger partial charge on any atom is 0.254 e. The van der Waals surface area contributed by atoms with Gasteiger partial charge in [0.2, 0.25) is 11.9 Å². The van der Waals surface area contributed by atoms with Gasteiger partial charge in [-0.2, -0.15) is 9.97 Å². The molecule has 3 N–H and O–H groups in total. The van der Waals surface area contributed by atoms with Gasteiger partial charge in [0.25, 0.3) is 5.91 Å². The van der Waals surface area contributed by atoms with Crippen LogP contribution in [-0.2, 0) is 9.53 Å². The number of benzene rings is 1. The van der Waals surface area contributed by atoms with Crippen LogP contribution in [0.3, 0.4) is 0 Å². The molecule has 2 aromatic heterocycles. The third kappa shape index (κ3) is 5.12. The van der Waals surface area contributed by atoms with Crippen molar-refractivity contribution >= 4 is 40.3 Å². The molecule has 2 aliphatic heterocycles. The van der Waals surface area contributed by atoms with E-state index in [1.807, 2.05) is 29.3 Å². The van der Waals surface area contributed by atoms with Gasteiger partial charge in [-0.05, 0) is 49.2 Å². The number of rotatable bonds is 6. The highest BCUT2D eigenvalue weighted by Crippen LogP contribution is 2.25. The largest absolute Gasteiger partial charge is 0.378 e. The maximum atomic E-state index is 12.7. The molecule has 35 heavy (non-hydrogen) atoms. The van der Waals surface area contributed by atoms with Gasteiger partial charge in [-0.3, -0.25) is 9.59 Å². The summed E-state index contributed by atoms with van der Waals surface area (Å²) in [5, 5.41) is 7.63. The van der Waals surface area contributed by atoms with Crippen LogP contribution in [0.1, 0.15) is 23.2 Å². The highest BCUT2D eigenvalue weighted by molar-refractivity contribution is 5.95. The van der Waals surface area contributed by atoms with Crippen molar-refractivity contribution in [2.75, 3.05) is 50.0 Å². The lowest BCUT2D eigenvalue weighted by Crippen LogP contribution is -2.44. The lowest BCUT2D eigenvalue weighted by atomic mass is 10.1. The van der Waals surface area contributed by atoms with Gasteiger partial charge in [0, 0.05) is 49.7 Å². The standard InChI is InChI=1S/C25H29N7O3/c1-2-21(33)32-11-3-4-19(16-32)27-23-20-9-10-26-22(20)29-25(30-23)28-18-7-5-17(6-8-18)24(34)31-12-14-35-15-13-31/h2,5-10,19H,1,3-4,11-16H2,(H3,26,27,28,29,30)/t19-/m1/s1. The van der Waals surface area contributed by atoms with E-state index < -0.39 is 0 Å². The van der Waals surface area contributed by atoms with E-state index in [-0.39, 0.29) is 17.9 Å². The number of hydrogen-bond donors (Lipinski definition) is 3. The van der Waals surface area contributed by atoms with Crippen molar-refractivity contribution in [1.82, 2.24) is 24.8 Å². The minimum absolute atomic E-state index is 0.00635. The average molecular weight is 476 g/mol. The Balaban J connectivity index is 1.31. The molecule has 2 aliphatic rings. The summed E-state index contributed by atoms with van der Waals surface area (Å²) < 4.78 is 5.33. The first-order valence-corrected chi connectivity index (χ1v) is 11.9. The normalized spacial score (nSPS) is 18.3. The fourth-order valence-electron chi connectivity index (χ4n) is 4.50. The molecule has 0 spiro atoms. The van der Waals surface area contributed by atoms with Crippen LogP contribution in [0.4, 0.5) is 17.5 Å². The van der Waals surface area contributed by atoms with Crippen LogP contribution >= 0.6 is 0 Å². The van der Waals surface area contributed by atoms with Gasteiger partial charge in [0.05, 0.1) is 18.6 Å². The molecule has 1 atom stereocenters. The second kappa shape index (κ2) is 10.1. The number of carbonyl (C=O) groups excluding carboxylic acids is 2. The quantitative estimate of drug-likeness (QED) is 0.470. The molecule has 1 aromatic carbocycles. The summed E-state index contributed by atoms with van der Waals surface area (Å²) in [5.41, 5.74) is 2.12. The Kier molecular flexibility index (Phi) is 6.62. The smallest absolute Gasteiger partial charge is 0.254 e. The zero-order valence-corrected chi connectivity index (χ0v) is 19.5. The second-order valence-corrected chi connectivity index (χ2v) is 8.71. The van der Waals surface area contributed by atoms with Crippen LogP contribution in [0.5, 0.6) is 0 Å². The van der Waals surface area contributed by atoms with Crippen LogP contribution in [0.2, 0.25) is 0 Å². The predicted molar refractivity (Wildman–Crippen MR) is 134 cm³/mol. The first-order chi connectivity index (χ1) is 17.1. The van der Waals surface area contributed by atoms with Crippen molar-refractivity contribution in [3.05, 3.63) is 54.7 Å². The number of likely N-dealkylation sites (tertiary alicyclic amines) is 1. The molecule has 0 radical (unpaired) electrons. The Bertz CT molecular complexity index is 1220. The first kappa shape index (κ1) is 22.9. The molecule has 0 unspecified atom stereocenters.